The molecule has 0 aromatic heterocycles. The summed E-state index contributed by atoms with van der Waals surface area (Å²) in [6.07, 6.45) is 0. The Kier molecular flexibility index (Phi) is 14.5. The molecule has 11 heteroatoms. The summed E-state index contributed by atoms with van der Waals surface area (Å²) in [5.74, 6) is -1.81. The van der Waals surface area contributed by atoms with E-state index in [4.69, 9.17) is 19.1 Å². The van der Waals surface area contributed by atoms with Crippen molar-refractivity contribution in [1.29, 1.82) is 0 Å². The zero-order valence-corrected chi connectivity index (χ0v) is 29.3. The molecule has 0 amide bonds. The maximum absolute atomic E-state index is 13.2. The van der Waals surface area contributed by atoms with E-state index in [0.29, 0.717) is 0 Å². The first-order valence-corrected chi connectivity index (χ1v) is 20.8. The molecule has 0 saturated carbocycles. The fraction of sp³-hybridized carbons (Fsp3) is 0. The molecule has 6 rings (SSSR count). The summed E-state index contributed by atoms with van der Waals surface area (Å²) < 4.78 is 79.0. The molecule has 6 aromatic carbocycles. The van der Waals surface area contributed by atoms with Gasteiger partial charge < -0.3 is 0 Å². The third kappa shape index (κ3) is 11.0. The SMILES string of the molecule is Fc1ccc([PH+](c2ccc(F)cc2)c2ccc(F)cc2)cc1.Fc1ccc([PH+](c2ccc(F)cc2)c2ccc(F)cc2)cc1.[Cl][Pd][Cl]. The molecule has 6 aromatic rings. The van der Waals surface area contributed by atoms with E-state index in [1.165, 1.54) is 72.8 Å². The Hall–Kier alpha value is -3.00. The van der Waals surface area contributed by atoms with Gasteiger partial charge in [0, 0.05) is 0 Å². The quantitative estimate of drug-likeness (QED) is 0.0900. The fourth-order valence-corrected chi connectivity index (χ4v) is 9.70. The minimum absolute atomic E-state index is 0.106. The molecule has 47 heavy (non-hydrogen) atoms. The van der Waals surface area contributed by atoms with Crippen molar-refractivity contribution in [3.05, 3.63) is 180 Å². The summed E-state index contributed by atoms with van der Waals surface area (Å²) >= 11 is -0.106. The van der Waals surface area contributed by atoms with E-state index in [0.717, 1.165) is 31.8 Å². The molecule has 0 atom stereocenters. The van der Waals surface area contributed by atoms with Gasteiger partial charge in [0.25, 0.3) is 0 Å². The first kappa shape index (κ1) is 36.8. The van der Waals surface area contributed by atoms with Crippen LogP contribution in [0.25, 0.3) is 0 Å². The zero-order valence-electron chi connectivity index (χ0n) is 24.2. The summed E-state index contributed by atoms with van der Waals surface area (Å²) in [4.78, 5) is 0. The molecule has 244 valence electrons. The summed E-state index contributed by atoms with van der Waals surface area (Å²) in [7, 11) is 6.77. The number of hydrogen-bond acceptors (Lipinski definition) is 0. The number of hydrogen-bond donors (Lipinski definition) is 0. The van der Waals surface area contributed by atoms with Crippen LogP contribution in [-0.2, 0) is 15.9 Å². The zero-order chi connectivity index (χ0) is 33.8. The predicted molar refractivity (Wildman–Crippen MR) is 185 cm³/mol. The molecule has 0 nitrogen and oxygen atoms in total. The van der Waals surface area contributed by atoms with Crippen LogP contribution in [0.2, 0.25) is 0 Å². The van der Waals surface area contributed by atoms with Gasteiger partial charge in [-0.25, -0.2) is 26.3 Å². The fourth-order valence-electron chi connectivity index (χ4n) is 4.70. The van der Waals surface area contributed by atoms with Crippen LogP contribution in [0.4, 0.5) is 26.3 Å². The van der Waals surface area contributed by atoms with E-state index in [-0.39, 0.29) is 50.8 Å². The van der Waals surface area contributed by atoms with Gasteiger partial charge >= 0.3 is 35.0 Å². The van der Waals surface area contributed by atoms with Gasteiger partial charge in [0.05, 0.1) is 15.8 Å². The molecule has 0 aliphatic carbocycles. The van der Waals surface area contributed by atoms with Crippen LogP contribution in [0.15, 0.2) is 146 Å². The van der Waals surface area contributed by atoms with Crippen molar-refractivity contribution in [3.63, 3.8) is 0 Å². The van der Waals surface area contributed by atoms with E-state index in [9.17, 15) is 26.3 Å². The van der Waals surface area contributed by atoms with Gasteiger partial charge in [-0.2, -0.15) is 0 Å². The predicted octanol–water partition coefficient (Wildman–Crippen LogP) is 8.57. The number of rotatable bonds is 6. The molecule has 0 radical (unpaired) electrons. The summed E-state index contributed by atoms with van der Waals surface area (Å²) in [6, 6.07) is 37.7. The average Bonchev–Trinajstić information content (AvgIpc) is 3.07. The van der Waals surface area contributed by atoms with Crippen LogP contribution in [0.5, 0.6) is 0 Å². The molecule has 0 unspecified atom stereocenters. The maximum atomic E-state index is 13.2. The Morgan fingerprint density at radius 2 is 0.383 bits per heavy atom. The van der Waals surface area contributed by atoms with Crippen molar-refractivity contribution in [2.24, 2.45) is 0 Å². The average molecular weight is 812 g/mol. The minimum atomic E-state index is -1.43. The van der Waals surface area contributed by atoms with Gasteiger partial charge in [-0.05, 0) is 146 Å². The Balaban J connectivity index is 0.000000197. The molecule has 0 heterocycles. The summed E-state index contributed by atoms with van der Waals surface area (Å²) in [5, 5.41) is 5.78. The first-order valence-electron chi connectivity index (χ1n) is 13.8. The number of benzene rings is 6. The van der Waals surface area contributed by atoms with Crippen LogP contribution < -0.4 is 31.8 Å². The standard InChI is InChI=1S/2C18H12F3P.2ClH.Pd/c2*19-13-1-7-16(8-2-13)22(17-9-3-14(20)4-10-17)18-11-5-15(21)6-12-18;;;/h2*1-12H;2*1H;/q;;;;+2. The summed E-state index contributed by atoms with van der Waals surface area (Å²) in [6.45, 7) is 0. The van der Waals surface area contributed by atoms with Gasteiger partial charge in [-0.1, -0.05) is 0 Å². The molecular formula is C36H26Cl2F6P2Pd+2. The Morgan fingerprint density at radius 3 is 0.489 bits per heavy atom. The van der Waals surface area contributed by atoms with Crippen LogP contribution in [-0.4, -0.2) is 0 Å². The Bertz CT molecular complexity index is 1460. The second-order valence-corrected chi connectivity index (χ2v) is 17.2. The van der Waals surface area contributed by atoms with Crippen molar-refractivity contribution in [2.75, 3.05) is 0 Å². The third-order valence-corrected chi connectivity index (χ3v) is 12.3. The molecular weight excluding hydrogens is 786 g/mol. The van der Waals surface area contributed by atoms with Crippen LogP contribution in [0.3, 0.4) is 0 Å². The van der Waals surface area contributed by atoms with Gasteiger partial charge in [0.1, 0.15) is 66.7 Å². The van der Waals surface area contributed by atoms with Crippen molar-refractivity contribution >= 4 is 66.7 Å². The van der Waals surface area contributed by atoms with Crippen LogP contribution >= 0.6 is 34.9 Å². The van der Waals surface area contributed by atoms with Crippen molar-refractivity contribution in [1.82, 2.24) is 0 Å². The Morgan fingerprint density at radius 1 is 0.277 bits per heavy atom. The van der Waals surface area contributed by atoms with Crippen LogP contribution in [0.1, 0.15) is 0 Å². The molecule has 0 N–H and O–H groups in total. The molecule has 0 bridgehead atoms. The second kappa shape index (κ2) is 18.5. The second-order valence-electron chi connectivity index (χ2n) is 9.84. The molecule has 0 aliphatic rings. The Labute approximate surface area is 288 Å². The monoisotopic (exact) mass is 810 g/mol. The van der Waals surface area contributed by atoms with E-state index in [2.05, 4.69) is 0 Å². The topological polar surface area (TPSA) is 0 Å². The van der Waals surface area contributed by atoms with Gasteiger partial charge in [-0.15, -0.1) is 0 Å². The normalized spacial score (nSPS) is 10.7. The van der Waals surface area contributed by atoms with Gasteiger partial charge in [0.2, 0.25) is 0 Å². The number of halogens is 8. The third-order valence-electron chi connectivity index (χ3n) is 6.80. The molecule has 0 aliphatic heterocycles. The molecule has 0 saturated heterocycles. The van der Waals surface area contributed by atoms with E-state index >= 15 is 0 Å². The van der Waals surface area contributed by atoms with Crippen molar-refractivity contribution in [2.45, 2.75) is 0 Å². The van der Waals surface area contributed by atoms with Crippen molar-refractivity contribution < 1.29 is 42.3 Å². The van der Waals surface area contributed by atoms with E-state index < -0.39 is 15.8 Å². The molecule has 0 spiro atoms. The van der Waals surface area contributed by atoms with E-state index in [1.807, 2.05) is 0 Å². The van der Waals surface area contributed by atoms with Gasteiger partial charge in [0.15, 0.2) is 0 Å². The van der Waals surface area contributed by atoms with Crippen molar-refractivity contribution in [3.8, 4) is 0 Å². The molecule has 0 fully saturated rings. The van der Waals surface area contributed by atoms with E-state index in [1.54, 1.807) is 72.8 Å². The van der Waals surface area contributed by atoms with Gasteiger partial charge in [-0.3, -0.25) is 0 Å². The first-order chi connectivity index (χ1) is 22.7. The van der Waals surface area contributed by atoms with Crippen LogP contribution in [0, 0.1) is 34.9 Å². The summed E-state index contributed by atoms with van der Waals surface area (Å²) in [5.41, 5.74) is 0.